The molecule has 0 spiro atoms. The van der Waals surface area contributed by atoms with E-state index in [1.54, 1.807) is 6.92 Å². The van der Waals surface area contributed by atoms with E-state index in [4.69, 9.17) is 9.47 Å². The fraction of sp³-hybridized carbons (Fsp3) is 0.833. The maximum atomic E-state index is 11.6. The van der Waals surface area contributed by atoms with Crippen molar-refractivity contribution in [3.8, 4) is 0 Å². The standard InChI is InChI=1S/C12H20O6/c1-11(2,3)12(4)17-7(9(13)15-5)8(18-12)10(14)16-6/h7-8H,1-6H3/t7-,8-/m0/s1. The van der Waals surface area contributed by atoms with Crippen LogP contribution in [0.2, 0.25) is 0 Å². The van der Waals surface area contributed by atoms with Crippen LogP contribution in [0.5, 0.6) is 0 Å². The van der Waals surface area contributed by atoms with Gasteiger partial charge in [-0.05, 0) is 6.92 Å². The Balaban J connectivity index is 3.03. The van der Waals surface area contributed by atoms with Crippen LogP contribution in [0.4, 0.5) is 0 Å². The number of carbonyl (C=O) groups is 2. The van der Waals surface area contributed by atoms with Crippen LogP contribution >= 0.6 is 0 Å². The number of hydrogen-bond acceptors (Lipinski definition) is 6. The minimum Gasteiger partial charge on any atom is -0.467 e. The molecule has 1 rings (SSSR count). The minimum atomic E-state index is -1.10. The third-order valence-corrected chi connectivity index (χ3v) is 3.21. The van der Waals surface area contributed by atoms with Crippen LogP contribution in [-0.2, 0) is 28.5 Å². The fourth-order valence-corrected chi connectivity index (χ4v) is 1.57. The molecule has 0 unspecified atom stereocenters. The van der Waals surface area contributed by atoms with Gasteiger partial charge in [-0.25, -0.2) is 9.59 Å². The molecule has 2 atom stereocenters. The Kier molecular flexibility index (Phi) is 4.02. The van der Waals surface area contributed by atoms with Gasteiger partial charge in [0.05, 0.1) is 14.2 Å². The summed E-state index contributed by atoms with van der Waals surface area (Å²) in [7, 11) is 2.46. The van der Waals surface area contributed by atoms with Crippen molar-refractivity contribution < 1.29 is 28.5 Å². The van der Waals surface area contributed by atoms with E-state index in [9.17, 15) is 9.59 Å². The Labute approximate surface area is 107 Å². The second kappa shape index (κ2) is 4.85. The first-order chi connectivity index (χ1) is 8.16. The minimum absolute atomic E-state index is 0.415. The lowest BCUT2D eigenvalue weighted by atomic mass is 9.87. The normalized spacial score (nSPS) is 26.8. The molecule has 6 heteroatoms. The third-order valence-electron chi connectivity index (χ3n) is 3.21. The van der Waals surface area contributed by atoms with Crippen molar-refractivity contribution in [3.63, 3.8) is 0 Å². The van der Waals surface area contributed by atoms with Crippen molar-refractivity contribution >= 4 is 11.9 Å². The largest absolute Gasteiger partial charge is 0.467 e. The van der Waals surface area contributed by atoms with Crippen LogP contribution in [0.25, 0.3) is 0 Å². The van der Waals surface area contributed by atoms with E-state index in [-0.39, 0.29) is 0 Å². The van der Waals surface area contributed by atoms with Crippen LogP contribution in [0.15, 0.2) is 0 Å². The zero-order valence-electron chi connectivity index (χ0n) is 11.6. The topological polar surface area (TPSA) is 71.1 Å². The predicted molar refractivity (Wildman–Crippen MR) is 61.6 cm³/mol. The molecule has 0 amide bonds. The second-order valence-electron chi connectivity index (χ2n) is 5.32. The van der Waals surface area contributed by atoms with Crippen LogP contribution in [0.1, 0.15) is 27.7 Å². The summed E-state index contributed by atoms with van der Waals surface area (Å²) in [6.07, 6.45) is -2.21. The molecule has 1 saturated heterocycles. The molecule has 0 saturated carbocycles. The number of esters is 2. The van der Waals surface area contributed by atoms with E-state index in [2.05, 4.69) is 9.47 Å². The molecule has 18 heavy (non-hydrogen) atoms. The summed E-state index contributed by atoms with van der Waals surface area (Å²) in [4.78, 5) is 23.2. The van der Waals surface area contributed by atoms with Gasteiger partial charge in [-0.3, -0.25) is 0 Å². The maximum absolute atomic E-state index is 11.6. The second-order valence-corrected chi connectivity index (χ2v) is 5.32. The van der Waals surface area contributed by atoms with Gasteiger partial charge in [0.1, 0.15) is 0 Å². The molecule has 1 heterocycles. The zero-order valence-corrected chi connectivity index (χ0v) is 11.6. The fourth-order valence-electron chi connectivity index (χ4n) is 1.57. The van der Waals surface area contributed by atoms with Gasteiger partial charge < -0.3 is 18.9 Å². The molecular weight excluding hydrogens is 240 g/mol. The summed E-state index contributed by atoms with van der Waals surface area (Å²) >= 11 is 0. The van der Waals surface area contributed by atoms with Gasteiger partial charge in [0.25, 0.3) is 0 Å². The molecule has 0 aliphatic carbocycles. The van der Waals surface area contributed by atoms with Crippen molar-refractivity contribution in [1.82, 2.24) is 0 Å². The number of hydrogen-bond donors (Lipinski definition) is 0. The van der Waals surface area contributed by atoms with Crippen LogP contribution in [0, 0.1) is 5.41 Å². The van der Waals surface area contributed by atoms with Crippen molar-refractivity contribution in [2.45, 2.75) is 45.7 Å². The molecule has 0 aromatic carbocycles. The summed E-state index contributed by atoms with van der Waals surface area (Å²) in [6.45, 7) is 7.36. The van der Waals surface area contributed by atoms with Crippen molar-refractivity contribution in [2.75, 3.05) is 14.2 Å². The molecule has 6 nitrogen and oxygen atoms in total. The summed E-state index contributed by atoms with van der Waals surface area (Å²) < 4.78 is 20.4. The van der Waals surface area contributed by atoms with Gasteiger partial charge in [-0.15, -0.1) is 0 Å². The highest BCUT2D eigenvalue weighted by Gasteiger charge is 2.57. The molecule has 0 N–H and O–H groups in total. The lowest BCUT2D eigenvalue weighted by molar-refractivity contribution is -0.227. The highest BCUT2D eigenvalue weighted by molar-refractivity contribution is 5.86. The Morgan fingerprint density at radius 2 is 1.33 bits per heavy atom. The first-order valence-electron chi connectivity index (χ1n) is 5.67. The molecule has 1 aliphatic heterocycles. The Morgan fingerprint density at radius 1 is 1.00 bits per heavy atom. The van der Waals surface area contributed by atoms with Gasteiger partial charge in [-0.2, -0.15) is 0 Å². The van der Waals surface area contributed by atoms with Crippen LogP contribution in [0.3, 0.4) is 0 Å². The first kappa shape index (κ1) is 14.9. The molecule has 0 bridgehead atoms. The van der Waals surface area contributed by atoms with E-state index in [0.29, 0.717) is 0 Å². The van der Waals surface area contributed by atoms with Crippen LogP contribution < -0.4 is 0 Å². The van der Waals surface area contributed by atoms with Gasteiger partial charge >= 0.3 is 11.9 Å². The predicted octanol–water partition coefficient (Wildman–Crippen LogP) is 0.879. The SMILES string of the molecule is COC(=O)[C@H]1OC(C)(C(C)(C)C)O[C@@H]1C(=O)OC. The molecule has 1 fully saturated rings. The van der Waals surface area contributed by atoms with E-state index in [1.807, 2.05) is 20.8 Å². The maximum Gasteiger partial charge on any atom is 0.338 e. The zero-order chi connectivity index (χ0) is 14.1. The van der Waals surface area contributed by atoms with Crippen LogP contribution in [-0.4, -0.2) is 44.2 Å². The van der Waals surface area contributed by atoms with Crippen molar-refractivity contribution in [1.29, 1.82) is 0 Å². The smallest absolute Gasteiger partial charge is 0.338 e. The molecule has 1 aliphatic rings. The Morgan fingerprint density at radius 3 is 1.56 bits per heavy atom. The van der Waals surface area contributed by atoms with Gasteiger partial charge in [0, 0.05) is 5.41 Å². The molecule has 0 aromatic rings. The molecular formula is C12H20O6. The van der Waals surface area contributed by atoms with Crippen molar-refractivity contribution in [3.05, 3.63) is 0 Å². The highest BCUT2D eigenvalue weighted by atomic mass is 16.8. The summed E-state index contributed by atoms with van der Waals surface area (Å²) in [6, 6.07) is 0. The van der Waals surface area contributed by atoms with E-state index < -0.39 is 35.3 Å². The lowest BCUT2D eigenvalue weighted by Gasteiger charge is -2.36. The van der Waals surface area contributed by atoms with Crippen molar-refractivity contribution in [2.24, 2.45) is 5.41 Å². The number of rotatable bonds is 2. The quantitative estimate of drug-likeness (QED) is 0.686. The number of ether oxygens (including phenoxy) is 4. The van der Waals surface area contributed by atoms with Gasteiger partial charge in [-0.1, -0.05) is 20.8 Å². The molecule has 104 valence electrons. The van der Waals surface area contributed by atoms with E-state index in [1.165, 1.54) is 14.2 Å². The number of carbonyl (C=O) groups excluding carboxylic acids is 2. The average molecular weight is 260 g/mol. The number of methoxy groups -OCH3 is 2. The average Bonchev–Trinajstić information content (AvgIpc) is 2.66. The third kappa shape index (κ3) is 2.49. The monoisotopic (exact) mass is 260 g/mol. The molecule has 0 aromatic heterocycles. The highest BCUT2D eigenvalue weighted by Crippen LogP contribution is 2.42. The van der Waals surface area contributed by atoms with E-state index >= 15 is 0 Å². The molecule has 0 radical (unpaired) electrons. The van der Waals surface area contributed by atoms with Gasteiger partial charge in [0.2, 0.25) is 0 Å². The van der Waals surface area contributed by atoms with E-state index in [0.717, 1.165) is 0 Å². The first-order valence-corrected chi connectivity index (χ1v) is 5.67. The summed E-state index contributed by atoms with van der Waals surface area (Å²) in [5.74, 6) is -2.37. The summed E-state index contributed by atoms with van der Waals surface area (Å²) in [5, 5.41) is 0. The summed E-state index contributed by atoms with van der Waals surface area (Å²) in [5.41, 5.74) is -0.415. The Hall–Kier alpha value is -1.14. The van der Waals surface area contributed by atoms with Gasteiger partial charge in [0.15, 0.2) is 18.0 Å². The lowest BCUT2D eigenvalue weighted by Crippen LogP contribution is -2.42. The Bertz CT molecular complexity index is 319.